The molecule has 2 aromatic carbocycles. The predicted octanol–water partition coefficient (Wildman–Crippen LogP) is 4.25. The summed E-state index contributed by atoms with van der Waals surface area (Å²) >= 11 is 0. The average Bonchev–Trinajstić information content (AvgIpc) is 3.15. The van der Waals surface area contributed by atoms with E-state index >= 15 is 0 Å². The highest BCUT2D eigenvalue weighted by Crippen LogP contribution is 2.23. The second kappa shape index (κ2) is 8.57. The van der Waals surface area contributed by atoms with Gasteiger partial charge in [-0.1, -0.05) is 30.3 Å². The van der Waals surface area contributed by atoms with Gasteiger partial charge in [0.2, 0.25) is 0 Å². The van der Waals surface area contributed by atoms with Gasteiger partial charge < -0.3 is 14.1 Å². The molecule has 1 aromatic heterocycles. The fourth-order valence-corrected chi connectivity index (χ4v) is 3.91. The molecule has 3 aromatic rings. The molecule has 1 atom stereocenters. The first-order valence-electron chi connectivity index (χ1n) is 9.98. The van der Waals surface area contributed by atoms with Gasteiger partial charge in [-0.05, 0) is 49.4 Å². The molecule has 5 heteroatoms. The molecule has 0 radical (unpaired) electrons. The van der Waals surface area contributed by atoms with Gasteiger partial charge in [0.1, 0.15) is 5.52 Å². The zero-order valence-electron chi connectivity index (χ0n) is 16.3. The Hall–Kier alpha value is -2.66. The van der Waals surface area contributed by atoms with Gasteiger partial charge in [0.25, 0.3) is 5.91 Å². The molecular formula is C23H26N2O3. The lowest BCUT2D eigenvalue weighted by molar-refractivity contribution is 0.0428. The Morgan fingerprint density at radius 1 is 1.18 bits per heavy atom. The summed E-state index contributed by atoms with van der Waals surface area (Å²) in [5.41, 5.74) is 3.40. The maximum atomic E-state index is 13.1. The van der Waals surface area contributed by atoms with Crippen LogP contribution in [0.3, 0.4) is 0 Å². The van der Waals surface area contributed by atoms with E-state index in [1.807, 2.05) is 41.3 Å². The van der Waals surface area contributed by atoms with Crippen molar-refractivity contribution in [2.75, 3.05) is 20.3 Å². The first kappa shape index (κ1) is 18.7. The van der Waals surface area contributed by atoms with Gasteiger partial charge in [-0.15, -0.1) is 0 Å². The number of aromatic nitrogens is 1. The van der Waals surface area contributed by atoms with Crippen LogP contribution in [0, 0.1) is 0 Å². The van der Waals surface area contributed by atoms with Gasteiger partial charge in [0.15, 0.2) is 11.5 Å². The molecule has 0 aliphatic carbocycles. The second-order valence-electron chi connectivity index (χ2n) is 7.38. The number of amides is 1. The summed E-state index contributed by atoms with van der Waals surface area (Å²) in [6.07, 6.45) is 4.80. The van der Waals surface area contributed by atoms with E-state index in [-0.39, 0.29) is 11.9 Å². The summed E-state index contributed by atoms with van der Waals surface area (Å²) in [7, 11) is 1.69. The van der Waals surface area contributed by atoms with Crippen molar-refractivity contribution in [1.29, 1.82) is 0 Å². The minimum absolute atomic E-state index is 0.0532. The Labute approximate surface area is 165 Å². The first-order valence-corrected chi connectivity index (χ1v) is 9.98. The quantitative estimate of drug-likeness (QED) is 0.643. The molecule has 146 valence electrons. The number of oxazole rings is 1. The molecule has 4 rings (SSSR count). The number of nitrogens with zero attached hydrogens (tertiary/aromatic N) is 2. The Kier molecular flexibility index (Phi) is 5.72. The lowest BCUT2D eigenvalue weighted by Gasteiger charge is -2.35. The molecule has 28 heavy (non-hydrogen) atoms. The number of carbonyl (C=O) groups is 1. The van der Waals surface area contributed by atoms with E-state index in [0.717, 1.165) is 49.7 Å². The first-order chi connectivity index (χ1) is 13.7. The van der Waals surface area contributed by atoms with Crippen LogP contribution in [0.2, 0.25) is 0 Å². The fourth-order valence-electron chi connectivity index (χ4n) is 3.91. The van der Waals surface area contributed by atoms with Crippen molar-refractivity contribution in [2.45, 2.75) is 38.1 Å². The highest BCUT2D eigenvalue weighted by molar-refractivity contribution is 5.97. The van der Waals surface area contributed by atoms with Gasteiger partial charge in [0.05, 0.1) is 12.6 Å². The van der Waals surface area contributed by atoms with E-state index in [2.05, 4.69) is 17.1 Å². The molecule has 1 fully saturated rings. The molecule has 1 aliphatic rings. The third-order valence-electron chi connectivity index (χ3n) is 5.40. The standard InChI is InChI=1S/C23H26N2O3/c1-27-16-19-9-5-6-14-25(19)23(26)18-11-12-21-20(15-18)24-22(28-21)13-10-17-7-3-2-4-8-17/h2-4,7-8,11-12,15,19H,5-6,9-10,13-14,16H2,1H3/t19-/m0/s1. The normalized spacial score (nSPS) is 17.2. The summed E-state index contributed by atoms with van der Waals surface area (Å²) in [5, 5.41) is 0. The highest BCUT2D eigenvalue weighted by atomic mass is 16.5. The van der Waals surface area contributed by atoms with Crippen molar-refractivity contribution in [3.8, 4) is 0 Å². The van der Waals surface area contributed by atoms with E-state index in [1.165, 1.54) is 5.56 Å². The smallest absolute Gasteiger partial charge is 0.254 e. The number of carbonyl (C=O) groups excluding carboxylic acids is 1. The van der Waals surface area contributed by atoms with Crippen molar-refractivity contribution in [2.24, 2.45) is 0 Å². The number of aryl methyl sites for hydroxylation is 2. The maximum Gasteiger partial charge on any atom is 0.254 e. The van der Waals surface area contributed by atoms with Crippen LogP contribution >= 0.6 is 0 Å². The van der Waals surface area contributed by atoms with Crippen LogP contribution in [0.1, 0.15) is 41.1 Å². The Morgan fingerprint density at radius 3 is 2.86 bits per heavy atom. The van der Waals surface area contributed by atoms with Gasteiger partial charge in [-0.3, -0.25) is 4.79 Å². The summed E-state index contributed by atoms with van der Waals surface area (Å²) < 4.78 is 11.2. The number of piperidine rings is 1. The SMILES string of the molecule is COC[C@@H]1CCCCN1C(=O)c1ccc2oc(CCc3ccccc3)nc2c1. The molecule has 5 nitrogen and oxygen atoms in total. The Balaban J connectivity index is 1.50. The lowest BCUT2D eigenvalue weighted by Crippen LogP contribution is -2.46. The minimum atomic E-state index is 0.0532. The monoisotopic (exact) mass is 378 g/mol. The molecule has 1 aliphatic heterocycles. The fraction of sp³-hybridized carbons (Fsp3) is 0.391. The van der Waals surface area contributed by atoms with Crippen molar-refractivity contribution >= 4 is 17.0 Å². The van der Waals surface area contributed by atoms with E-state index in [0.29, 0.717) is 18.1 Å². The van der Waals surface area contributed by atoms with E-state index < -0.39 is 0 Å². The van der Waals surface area contributed by atoms with E-state index in [9.17, 15) is 4.79 Å². The molecule has 0 bridgehead atoms. The van der Waals surface area contributed by atoms with E-state index in [4.69, 9.17) is 9.15 Å². The summed E-state index contributed by atoms with van der Waals surface area (Å²) in [5.74, 6) is 0.760. The average molecular weight is 378 g/mol. The summed E-state index contributed by atoms with van der Waals surface area (Å²) in [6.45, 7) is 1.37. The number of benzene rings is 2. The number of ether oxygens (including phenoxy) is 1. The number of likely N-dealkylation sites (tertiary alicyclic amines) is 1. The van der Waals surface area contributed by atoms with Crippen LogP contribution < -0.4 is 0 Å². The van der Waals surface area contributed by atoms with Crippen LogP contribution in [-0.2, 0) is 17.6 Å². The maximum absolute atomic E-state index is 13.1. The molecule has 1 saturated heterocycles. The van der Waals surface area contributed by atoms with Crippen molar-refractivity contribution < 1.29 is 13.9 Å². The molecule has 0 saturated carbocycles. The summed E-state index contributed by atoms with van der Waals surface area (Å²) in [6, 6.07) is 16.0. The molecule has 2 heterocycles. The van der Waals surface area contributed by atoms with Crippen LogP contribution in [0.4, 0.5) is 0 Å². The third kappa shape index (κ3) is 4.09. The van der Waals surface area contributed by atoms with Crippen LogP contribution in [0.5, 0.6) is 0 Å². The van der Waals surface area contributed by atoms with E-state index in [1.54, 1.807) is 7.11 Å². The zero-order valence-corrected chi connectivity index (χ0v) is 16.3. The van der Waals surface area contributed by atoms with Crippen LogP contribution in [0.15, 0.2) is 52.9 Å². The van der Waals surface area contributed by atoms with Gasteiger partial charge in [0, 0.05) is 25.6 Å². The number of fused-ring (bicyclic) bond motifs is 1. The number of rotatable bonds is 6. The highest BCUT2D eigenvalue weighted by Gasteiger charge is 2.27. The predicted molar refractivity (Wildman–Crippen MR) is 108 cm³/mol. The molecule has 0 N–H and O–H groups in total. The van der Waals surface area contributed by atoms with Crippen molar-refractivity contribution in [1.82, 2.24) is 9.88 Å². The molecular weight excluding hydrogens is 352 g/mol. The number of methoxy groups -OCH3 is 1. The van der Waals surface area contributed by atoms with Crippen molar-refractivity contribution in [3.05, 3.63) is 65.5 Å². The summed E-state index contributed by atoms with van der Waals surface area (Å²) in [4.78, 5) is 19.6. The third-order valence-corrected chi connectivity index (χ3v) is 5.40. The Morgan fingerprint density at radius 2 is 2.04 bits per heavy atom. The zero-order chi connectivity index (χ0) is 19.3. The van der Waals surface area contributed by atoms with Gasteiger partial charge in [-0.25, -0.2) is 4.98 Å². The number of hydrogen-bond acceptors (Lipinski definition) is 4. The topological polar surface area (TPSA) is 55.6 Å². The Bertz CT molecular complexity index is 933. The molecule has 0 spiro atoms. The van der Waals surface area contributed by atoms with Crippen molar-refractivity contribution in [3.63, 3.8) is 0 Å². The lowest BCUT2D eigenvalue weighted by atomic mass is 10.0. The van der Waals surface area contributed by atoms with Gasteiger partial charge >= 0.3 is 0 Å². The van der Waals surface area contributed by atoms with Crippen LogP contribution in [-0.4, -0.2) is 42.1 Å². The van der Waals surface area contributed by atoms with Gasteiger partial charge in [-0.2, -0.15) is 0 Å². The molecule has 1 amide bonds. The largest absolute Gasteiger partial charge is 0.441 e. The van der Waals surface area contributed by atoms with Crippen LogP contribution in [0.25, 0.3) is 11.1 Å². The number of hydrogen-bond donors (Lipinski definition) is 0. The molecule has 0 unspecified atom stereocenters. The second-order valence-corrected chi connectivity index (χ2v) is 7.38. The minimum Gasteiger partial charge on any atom is -0.441 e.